The first-order chi connectivity index (χ1) is 6.17. The van der Waals surface area contributed by atoms with Crippen LogP contribution >= 0.6 is 0 Å². The molecule has 0 aromatic heterocycles. The summed E-state index contributed by atoms with van der Waals surface area (Å²) in [5, 5.41) is 3.48. The summed E-state index contributed by atoms with van der Waals surface area (Å²) < 4.78 is 9.25. The van der Waals surface area contributed by atoms with Crippen molar-refractivity contribution >= 4 is 11.7 Å². The molecular formula is C8H13NO4. The predicted octanol–water partition coefficient (Wildman–Crippen LogP) is 0.364. The first-order valence-corrected chi connectivity index (χ1v) is 3.53. The molecule has 0 aromatic rings. The first-order valence-electron chi connectivity index (χ1n) is 3.53. The molecule has 0 atom stereocenters. The molecule has 0 bridgehead atoms. The van der Waals surface area contributed by atoms with E-state index in [1.54, 1.807) is 0 Å². The normalized spacial score (nSPS) is 10.8. The number of carbonyl (C=O) groups excluding carboxylic acids is 1. The molecule has 0 rings (SSSR count). The van der Waals surface area contributed by atoms with Crippen molar-refractivity contribution in [3.8, 4) is 0 Å². The molecule has 0 saturated heterocycles. The van der Waals surface area contributed by atoms with Crippen molar-refractivity contribution in [2.24, 2.45) is 5.16 Å². The van der Waals surface area contributed by atoms with Crippen molar-refractivity contribution in [2.45, 2.75) is 0 Å². The van der Waals surface area contributed by atoms with Gasteiger partial charge in [0.05, 0.1) is 13.7 Å². The zero-order valence-electron chi connectivity index (χ0n) is 7.99. The Morgan fingerprint density at radius 1 is 1.38 bits per heavy atom. The maximum Gasteiger partial charge on any atom is 0.360 e. The first kappa shape index (κ1) is 11.6. The van der Waals surface area contributed by atoms with Gasteiger partial charge >= 0.3 is 5.97 Å². The second kappa shape index (κ2) is 6.19. The van der Waals surface area contributed by atoms with E-state index in [9.17, 15) is 4.79 Å². The Hall–Kier alpha value is -1.36. The number of rotatable bonds is 5. The van der Waals surface area contributed by atoms with E-state index < -0.39 is 5.97 Å². The fourth-order valence-electron chi connectivity index (χ4n) is 0.677. The van der Waals surface area contributed by atoms with Gasteiger partial charge < -0.3 is 14.3 Å². The summed E-state index contributed by atoms with van der Waals surface area (Å²) in [7, 11) is 4.09. The molecule has 0 spiro atoms. The minimum absolute atomic E-state index is 0.0341. The Kier molecular flexibility index (Phi) is 5.54. The largest absolute Gasteiger partial charge is 0.464 e. The third-order valence-electron chi connectivity index (χ3n) is 1.21. The molecule has 0 aliphatic carbocycles. The molecule has 5 nitrogen and oxygen atoms in total. The average Bonchev–Trinajstić information content (AvgIpc) is 2.13. The van der Waals surface area contributed by atoms with E-state index >= 15 is 0 Å². The summed E-state index contributed by atoms with van der Waals surface area (Å²) in [4.78, 5) is 15.5. The Labute approximate surface area is 77.0 Å². The number of methoxy groups -OCH3 is 2. The number of carbonyl (C=O) groups is 1. The van der Waals surface area contributed by atoms with Crippen LogP contribution in [0.1, 0.15) is 0 Å². The van der Waals surface area contributed by atoms with Crippen LogP contribution in [0.4, 0.5) is 0 Å². The summed E-state index contributed by atoms with van der Waals surface area (Å²) in [5.41, 5.74) is 0.447. The van der Waals surface area contributed by atoms with Crippen LogP contribution in [0.5, 0.6) is 0 Å². The van der Waals surface area contributed by atoms with Crippen LogP contribution in [-0.2, 0) is 19.1 Å². The maximum absolute atomic E-state index is 11.1. The van der Waals surface area contributed by atoms with Gasteiger partial charge in [-0.15, -0.1) is 0 Å². The lowest BCUT2D eigenvalue weighted by Gasteiger charge is -2.05. The van der Waals surface area contributed by atoms with Gasteiger partial charge in [-0.3, -0.25) is 0 Å². The predicted molar refractivity (Wildman–Crippen MR) is 47.5 cm³/mol. The van der Waals surface area contributed by atoms with E-state index in [-0.39, 0.29) is 12.3 Å². The molecule has 0 N–H and O–H groups in total. The highest BCUT2D eigenvalue weighted by Gasteiger charge is 2.16. The van der Waals surface area contributed by atoms with Gasteiger partial charge in [-0.1, -0.05) is 11.7 Å². The fraction of sp³-hybridized carbons (Fsp3) is 0.500. The van der Waals surface area contributed by atoms with Crippen LogP contribution in [-0.4, -0.2) is 39.6 Å². The van der Waals surface area contributed by atoms with Gasteiger partial charge in [-0.2, -0.15) is 0 Å². The van der Waals surface area contributed by atoms with E-state index in [0.29, 0.717) is 5.57 Å². The van der Waals surface area contributed by atoms with Gasteiger partial charge in [0.25, 0.3) is 0 Å². The van der Waals surface area contributed by atoms with E-state index in [2.05, 4.69) is 21.3 Å². The second-order valence-electron chi connectivity index (χ2n) is 2.15. The van der Waals surface area contributed by atoms with Gasteiger partial charge in [0.2, 0.25) is 0 Å². The Morgan fingerprint density at radius 2 is 2.00 bits per heavy atom. The van der Waals surface area contributed by atoms with E-state index in [1.165, 1.54) is 21.3 Å². The second-order valence-corrected chi connectivity index (χ2v) is 2.15. The molecule has 0 unspecified atom stereocenters. The van der Waals surface area contributed by atoms with Crippen LogP contribution in [0.2, 0.25) is 0 Å². The number of ether oxygens (including phenoxy) is 2. The third-order valence-corrected chi connectivity index (χ3v) is 1.21. The highest BCUT2D eigenvalue weighted by atomic mass is 16.6. The molecule has 0 heterocycles. The zero-order valence-corrected chi connectivity index (χ0v) is 7.99. The molecule has 0 aliphatic heterocycles. The van der Waals surface area contributed by atoms with Gasteiger partial charge in [-0.25, -0.2) is 4.79 Å². The molecule has 0 aliphatic rings. The minimum Gasteiger partial charge on any atom is -0.464 e. The smallest absolute Gasteiger partial charge is 0.360 e. The molecule has 0 saturated carbocycles. The summed E-state index contributed by atoms with van der Waals surface area (Å²) in [5.74, 6) is -0.594. The standard InChI is InChI=1S/C8H13NO4/c1-6(5-11-2)7(9-13-4)8(10)12-3/h1,5H2,2-4H3/b9-7-. The monoisotopic (exact) mass is 187 g/mol. The van der Waals surface area contributed by atoms with E-state index in [0.717, 1.165) is 0 Å². The highest BCUT2D eigenvalue weighted by Crippen LogP contribution is 1.98. The number of hydrogen-bond donors (Lipinski definition) is 0. The van der Waals surface area contributed by atoms with E-state index in [4.69, 9.17) is 4.74 Å². The molecule has 0 fully saturated rings. The lowest BCUT2D eigenvalue weighted by molar-refractivity contribution is -0.132. The van der Waals surface area contributed by atoms with Crippen molar-refractivity contribution in [3.05, 3.63) is 12.2 Å². The molecule has 0 aromatic carbocycles. The van der Waals surface area contributed by atoms with E-state index in [1.807, 2.05) is 0 Å². The minimum atomic E-state index is -0.594. The highest BCUT2D eigenvalue weighted by molar-refractivity contribution is 6.43. The molecule has 0 radical (unpaired) electrons. The van der Waals surface area contributed by atoms with Crippen LogP contribution in [0, 0.1) is 0 Å². The molecule has 74 valence electrons. The van der Waals surface area contributed by atoms with Crippen molar-refractivity contribution in [1.29, 1.82) is 0 Å². The van der Waals surface area contributed by atoms with Crippen molar-refractivity contribution in [3.63, 3.8) is 0 Å². The molecule has 5 heteroatoms. The number of oxime groups is 1. The molecule has 13 heavy (non-hydrogen) atoms. The lowest BCUT2D eigenvalue weighted by Crippen LogP contribution is -2.20. The number of nitrogens with zero attached hydrogens (tertiary/aromatic N) is 1. The van der Waals surface area contributed by atoms with Crippen molar-refractivity contribution in [1.82, 2.24) is 0 Å². The van der Waals surface area contributed by atoms with Crippen LogP contribution < -0.4 is 0 Å². The Balaban J connectivity index is 4.52. The van der Waals surface area contributed by atoms with Gasteiger partial charge in [0.1, 0.15) is 7.11 Å². The van der Waals surface area contributed by atoms with Gasteiger partial charge in [0.15, 0.2) is 5.71 Å². The molecular weight excluding hydrogens is 174 g/mol. The summed E-state index contributed by atoms with van der Waals surface area (Å²) in [6.07, 6.45) is 0. The van der Waals surface area contributed by atoms with Crippen molar-refractivity contribution in [2.75, 3.05) is 27.9 Å². The SMILES string of the molecule is C=C(COC)/C(=N/OC)C(=O)OC. The average molecular weight is 187 g/mol. The van der Waals surface area contributed by atoms with Gasteiger partial charge in [-0.05, 0) is 0 Å². The quantitative estimate of drug-likeness (QED) is 0.354. The Bertz CT molecular complexity index is 222. The number of esters is 1. The fourth-order valence-corrected chi connectivity index (χ4v) is 0.677. The summed E-state index contributed by atoms with van der Waals surface area (Å²) >= 11 is 0. The van der Waals surface area contributed by atoms with Crippen LogP contribution in [0.3, 0.4) is 0 Å². The lowest BCUT2D eigenvalue weighted by atomic mass is 10.2. The van der Waals surface area contributed by atoms with Crippen LogP contribution in [0.25, 0.3) is 0 Å². The summed E-state index contributed by atoms with van der Waals surface area (Å²) in [6, 6.07) is 0. The van der Waals surface area contributed by atoms with Crippen molar-refractivity contribution < 1.29 is 19.1 Å². The topological polar surface area (TPSA) is 57.1 Å². The summed E-state index contributed by atoms with van der Waals surface area (Å²) in [6.45, 7) is 3.80. The third kappa shape index (κ3) is 3.71. The zero-order chi connectivity index (χ0) is 10.3. The number of hydrogen-bond acceptors (Lipinski definition) is 5. The maximum atomic E-state index is 11.1. The van der Waals surface area contributed by atoms with Crippen LogP contribution in [0.15, 0.2) is 17.3 Å². The Morgan fingerprint density at radius 3 is 2.38 bits per heavy atom. The molecule has 0 amide bonds. The van der Waals surface area contributed by atoms with Gasteiger partial charge in [0, 0.05) is 12.7 Å².